The number of nitrogens with zero attached hydrogens (tertiary/aromatic N) is 2. The highest BCUT2D eigenvalue weighted by molar-refractivity contribution is 6.02. The molecule has 1 amide bonds. The molecule has 6 heteroatoms. The van der Waals surface area contributed by atoms with E-state index in [-0.39, 0.29) is 25.0 Å². The van der Waals surface area contributed by atoms with Crippen LogP contribution in [0, 0.1) is 0 Å². The van der Waals surface area contributed by atoms with Gasteiger partial charge in [0, 0.05) is 37.1 Å². The molecule has 6 nitrogen and oxygen atoms in total. The van der Waals surface area contributed by atoms with Gasteiger partial charge in [-0.2, -0.15) is 0 Å². The number of amides is 1. The van der Waals surface area contributed by atoms with Crippen LogP contribution in [-0.2, 0) is 11.3 Å². The molecule has 2 aromatic rings. The Labute approximate surface area is 169 Å². The van der Waals surface area contributed by atoms with Gasteiger partial charge in [0.2, 0.25) is 6.79 Å². The van der Waals surface area contributed by atoms with Crippen molar-refractivity contribution >= 4 is 11.7 Å². The van der Waals surface area contributed by atoms with E-state index < -0.39 is 0 Å². The standard InChI is InChI=1S/C23H22N2O4/c1-24(15-20(26)18-9-10-21-22(12-18)29-16-28-21)23(27)19-8-5-11-25(14-19)13-17-6-3-2-4-7-17/h2-7,9-12,14H,8,13,15-16H2,1H3. The third kappa shape index (κ3) is 4.32. The zero-order chi connectivity index (χ0) is 20.2. The highest BCUT2D eigenvalue weighted by Gasteiger charge is 2.21. The van der Waals surface area contributed by atoms with E-state index in [9.17, 15) is 9.59 Å². The summed E-state index contributed by atoms with van der Waals surface area (Å²) in [6, 6.07) is 15.1. The van der Waals surface area contributed by atoms with Gasteiger partial charge in [-0.25, -0.2) is 0 Å². The second kappa shape index (κ2) is 8.22. The van der Waals surface area contributed by atoms with Crippen LogP contribution in [0.3, 0.4) is 0 Å². The highest BCUT2D eigenvalue weighted by Crippen LogP contribution is 2.32. The number of carbonyl (C=O) groups excluding carboxylic acids is 2. The Bertz CT molecular complexity index is 982. The molecule has 0 saturated carbocycles. The van der Waals surface area contributed by atoms with Gasteiger partial charge in [0.25, 0.3) is 5.91 Å². The summed E-state index contributed by atoms with van der Waals surface area (Å²) >= 11 is 0. The second-order valence-corrected chi connectivity index (χ2v) is 7.05. The molecule has 148 valence electrons. The van der Waals surface area contributed by atoms with E-state index in [0.29, 0.717) is 35.6 Å². The summed E-state index contributed by atoms with van der Waals surface area (Å²) in [7, 11) is 1.65. The quantitative estimate of drug-likeness (QED) is 0.708. The largest absolute Gasteiger partial charge is 0.454 e. The molecule has 0 spiro atoms. The number of ether oxygens (including phenoxy) is 2. The lowest BCUT2D eigenvalue weighted by molar-refractivity contribution is -0.125. The number of carbonyl (C=O) groups is 2. The average molecular weight is 390 g/mol. The Hall–Kier alpha value is -3.54. The summed E-state index contributed by atoms with van der Waals surface area (Å²) < 4.78 is 10.6. The topological polar surface area (TPSA) is 59.1 Å². The fourth-order valence-electron chi connectivity index (χ4n) is 3.34. The molecule has 2 aliphatic rings. The van der Waals surface area contributed by atoms with Crippen LogP contribution in [0.15, 0.2) is 72.6 Å². The smallest absolute Gasteiger partial charge is 0.251 e. The molecule has 0 unspecified atom stereocenters. The number of allylic oxidation sites excluding steroid dienone is 1. The zero-order valence-corrected chi connectivity index (χ0v) is 16.2. The molecule has 0 aromatic heterocycles. The van der Waals surface area contributed by atoms with Crippen molar-refractivity contribution in [2.24, 2.45) is 0 Å². The molecule has 0 bridgehead atoms. The van der Waals surface area contributed by atoms with Crippen molar-refractivity contribution in [2.45, 2.75) is 13.0 Å². The molecule has 0 aliphatic carbocycles. The first kappa shape index (κ1) is 18.8. The van der Waals surface area contributed by atoms with E-state index in [0.717, 1.165) is 5.56 Å². The van der Waals surface area contributed by atoms with E-state index in [1.165, 1.54) is 4.90 Å². The summed E-state index contributed by atoms with van der Waals surface area (Å²) in [5.74, 6) is 0.888. The van der Waals surface area contributed by atoms with Gasteiger partial charge in [-0.15, -0.1) is 0 Å². The molecule has 0 fully saturated rings. The fourth-order valence-corrected chi connectivity index (χ4v) is 3.34. The summed E-state index contributed by atoms with van der Waals surface area (Å²) in [6.07, 6.45) is 6.34. The molecule has 4 rings (SSSR count). The Morgan fingerprint density at radius 2 is 1.86 bits per heavy atom. The first-order chi connectivity index (χ1) is 14.1. The molecule has 29 heavy (non-hydrogen) atoms. The van der Waals surface area contributed by atoms with Gasteiger partial charge in [0.15, 0.2) is 17.3 Å². The molecule has 0 N–H and O–H groups in total. The Balaban J connectivity index is 1.40. The molecule has 2 aromatic carbocycles. The number of Topliss-reactive ketones (excluding diaryl/α,β-unsaturated/α-hetero) is 1. The predicted octanol–water partition coefficient (Wildman–Crippen LogP) is 3.36. The summed E-state index contributed by atoms with van der Waals surface area (Å²) in [4.78, 5) is 28.9. The van der Waals surface area contributed by atoms with Crippen molar-refractivity contribution in [3.05, 3.63) is 83.7 Å². The number of likely N-dealkylation sites (N-methyl/N-ethyl adjacent to an activating group) is 1. The van der Waals surface area contributed by atoms with Gasteiger partial charge in [0.1, 0.15) is 0 Å². The molecule has 0 saturated heterocycles. The van der Waals surface area contributed by atoms with Crippen molar-refractivity contribution in [3.63, 3.8) is 0 Å². The van der Waals surface area contributed by atoms with Gasteiger partial charge in [-0.05, 0) is 30.2 Å². The first-order valence-corrected chi connectivity index (χ1v) is 9.45. The maximum absolute atomic E-state index is 12.9. The lowest BCUT2D eigenvalue weighted by atomic mass is 10.1. The van der Waals surface area contributed by atoms with Crippen molar-refractivity contribution in [1.82, 2.24) is 9.80 Å². The van der Waals surface area contributed by atoms with E-state index in [1.807, 2.05) is 53.7 Å². The van der Waals surface area contributed by atoms with Crippen molar-refractivity contribution in [1.29, 1.82) is 0 Å². The third-order valence-corrected chi connectivity index (χ3v) is 4.86. The van der Waals surface area contributed by atoms with Crippen LogP contribution in [0.5, 0.6) is 11.5 Å². The minimum Gasteiger partial charge on any atom is -0.454 e. The number of benzene rings is 2. The number of hydrogen-bond acceptors (Lipinski definition) is 5. The summed E-state index contributed by atoms with van der Waals surface area (Å²) in [5, 5.41) is 0. The second-order valence-electron chi connectivity index (χ2n) is 7.05. The van der Waals surface area contributed by atoms with Gasteiger partial charge in [0.05, 0.1) is 6.54 Å². The molecule has 2 aliphatic heterocycles. The van der Waals surface area contributed by atoms with Crippen LogP contribution in [0.1, 0.15) is 22.3 Å². The van der Waals surface area contributed by atoms with Crippen molar-refractivity contribution < 1.29 is 19.1 Å². The minimum absolute atomic E-state index is 0.00177. The van der Waals surface area contributed by atoms with E-state index in [1.54, 1.807) is 25.2 Å². The van der Waals surface area contributed by atoms with E-state index >= 15 is 0 Å². The Morgan fingerprint density at radius 3 is 2.69 bits per heavy atom. The third-order valence-electron chi connectivity index (χ3n) is 4.86. The minimum atomic E-state index is -0.151. The van der Waals surface area contributed by atoms with Gasteiger partial charge in [-0.3, -0.25) is 9.59 Å². The molecule has 2 heterocycles. The molecule has 0 radical (unpaired) electrons. The Morgan fingerprint density at radius 1 is 1.07 bits per heavy atom. The van der Waals surface area contributed by atoms with Gasteiger partial charge >= 0.3 is 0 Å². The van der Waals surface area contributed by atoms with Crippen LogP contribution < -0.4 is 9.47 Å². The number of hydrogen-bond donors (Lipinski definition) is 0. The van der Waals surface area contributed by atoms with Crippen LogP contribution in [0.25, 0.3) is 0 Å². The van der Waals surface area contributed by atoms with Crippen LogP contribution in [0.2, 0.25) is 0 Å². The van der Waals surface area contributed by atoms with E-state index in [4.69, 9.17) is 9.47 Å². The SMILES string of the molecule is CN(CC(=O)c1ccc2c(c1)OCO2)C(=O)C1=CN(Cc2ccccc2)C=CC1. The lowest BCUT2D eigenvalue weighted by Crippen LogP contribution is -2.34. The number of ketones is 1. The first-order valence-electron chi connectivity index (χ1n) is 9.45. The highest BCUT2D eigenvalue weighted by atomic mass is 16.7. The van der Waals surface area contributed by atoms with Crippen LogP contribution in [0.4, 0.5) is 0 Å². The van der Waals surface area contributed by atoms with Crippen molar-refractivity contribution in [3.8, 4) is 11.5 Å². The fraction of sp³-hybridized carbons (Fsp3) is 0.217. The average Bonchev–Trinajstić information content (AvgIpc) is 3.22. The maximum atomic E-state index is 12.9. The normalized spacial score (nSPS) is 14.5. The number of rotatable bonds is 6. The summed E-state index contributed by atoms with van der Waals surface area (Å²) in [6.45, 7) is 0.846. The van der Waals surface area contributed by atoms with Crippen molar-refractivity contribution in [2.75, 3.05) is 20.4 Å². The van der Waals surface area contributed by atoms with Gasteiger partial charge in [-0.1, -0.05) is 36.4 Å². The van der Waals surface area contributed by atoms with Crippen LogP contribution in [-0.4, -0.2) is 41.9 Å². The van der Waals surface area contributed by atoms with Crippen LogP contribution >= 0.6 is 0 Å². The Kier molecular flexibility index (Phi) is 5.33. The summed E-state index contributed by atoms with van der Waals surface area (Å²) in [5.41, 5.74) is 2.31. The maximum Gasteiger partial charge on any atom is 0.251 e. The monoisotopic (exact) mass is 390 g/mol. The predicted molar refractivity (Wildman–Crippen MR) is 108 cm³/mol. The molecular weight excluding hydrogens is 368 g/mol. The number of fused-ring (bicyclic) bond motifs is 1. The molecular formula is C23H22N2O4. The van der Waals surface area contributed by atoms with Gasteiger partial charge < -0.3 is 19.3 Å². The molecule has 0 atom stereocenters. The van der Waals surface area contributed by atoms with E-state index in [2.05, 4.69) is 0 Å². The zero-order valence-electron chi connectivity index (χ0n) is 16.2. The lowest BCUT2D eigenvalue weighted by Gasteiger charge is -2.24.